The molecule has 2 aromatic carbocycles. The fourth-order valence-corrected chi connectivity index (χ4v) is 4.23. The monoisotopic (exact) mass is 373 g/mol. The molecule has 0 saturated carbocycles. The highest BCUT2D eigenvalue weighted by Gasteiger charge is 2.42. The average molecular weight is 373 g/mol. The lowest BCUT2D eigenvalue weighted by Crippen LogP contribution is -2.31. The van der Waals surface area contributed by atoms with Crippen LogP contribution in [0.4, 0.5) is 18.9 Å². The maximum atomic E-state index is 13.7. The Balaban J connectivity index is 1.84. The van der Waals surface area contributed by atoms with Crippen molar-refractivity contribution in [2.45, 2.75) is 31.5 Å². The summed E-state index contributed by atoms with van der Waals surface area (Å²) in [7, 11) is 0. The predicted octanol–water partition coefficient (Wildman–Crippen LogP) is 5.54. The molecule has 3 unspecified atom stereocenters. The third kappa shape index (κ3) is 2.99. The predicted molar refractivity (Wildman–Crippen MR) is 95.9 cm³/mol. The van der Waals surface area contributed by atoms with Crippen LogP contribution < -0.4 is 5.32 Å². The molecule has 1 aliphatic carbocycles. The molecule has 6 heteroatoms. The van der Waals surface area contributed by atoms with Crippen molar-refractivity contribution < 1.29 is 23.1 Å². The van der Waals surface area contributed by atoms with Crippen molar-refractivity contribution in [3.05, 3.63) is 76.4 Å². The van der Waals surface area contributed by atoms with Gasteiger partial charge in [0.15, 0.2) is 0 Å². The van der Waals surface area contributed by atoms with E-state index in [1.807, 2.05) is 25.1 Å². The molecule has 140 valence electrons. The van der Waals surface area contributed by atoms with Crippen LogP contribution in [0.15, 0.2) is 48.6 Å². The van der Waals surface area contributed by atoms with Crippen LogP contribution in [0.3, 0.4) is 0 Å². The first-order chi connectivity index (χ1) is 12.8. The number of benzene rings is 2. The van der Waals surface area contributed by atoms with E-state index in [9.17, 15) is 18.0 Å². The maximum absolute atomic E-state index is 13.7. The molecule has 1 heterocycles. The summed E-state index contributed by atoms with van der Waals surface area (Å²) in [4.78, 5) is 11.2. The van der Waals surface area contributed by atoms with Gasteiger partial charge in [0.25, 0.3) is 0 Å². The lowest BCUT2D eigenvalue weighted by Gasteiger charge is -2.38. The van der Waals surface area contributed by atoms with Crippen LogP contribution in [0.25, 0.3) is 0 Å². The molecule has 0 amide bonds. The zero-order valence-corrected chi connectivity index (χ0v) is 14.5. The van der Waals surface area contributed by atoms with Crippen molar-refractivity contribution in [1.29, 1.82) is 0 Å². The molecule has 2 N–H and O–H groups in total. The van der Waals surface area contributed by atoms with Crippen molar-refractivity contribution in [1.82, 2.24) is 0 Å². The fraction of sp³-hybridized carbons (Fsp3) is 0.286. The minimum absolute atomic E-state index is 0.0453. The van der Waals surface area contributed by atoms with Crippen molar-refractivity contribution >= 4 is 11.7 Å². The van der Waals surface area contributed by atoms with Gasteiger partial charge in [-0.25, -0.2) is 4.79 Å². The number of halogens is 3. The molecule has 27 heavy (non-hydrogen) atoms. The molecule has 1 aliphatic heterocycles. The van der Waals surface area contributed by atoms with Gasteiger partial charge in [-0.15, -0.1) is 0 Å². The van der Waals surface area contributed by atoms with E-state index in [-0.39, 0.29) is 23.0 Å². The normalized spacial score (nSPS) is 23.5. The third-order valence-corrected chi connectivity index (χ3v) is 5.46. The van der Waals surface area contributed by atoms with Crippen LogP contribution in [-0.4, -0.2) is 11.1 Å². The topological polar surface area (TPSA) is 49.3 Å². The molecule has 0 bridgehead atoms. The highest BCUT2D eigenvalue weighted by Crippen LogP contribution is 2.51. The number of alkyl halides is 3. The lowest BCUT2D eigenvalue weighted by molar-refractivity contribution is -0.138. The highest BCUT2D eigenvalue weighted by atomic mass is 19.4. The van der Waals surface area contributed by atoms with Gasteiger partial charge in [-0.2, -0.15) is 13.2 Å². The number of carboxylic acids is 1. The van der Waals surface area contributed by atoms with E-state index in [1.54, 1.807) is 0 Å². The number of carbonyl (C=O) groups is 1. The second kappa shape index (κ2) is 6.15. The minimum Gasteiger partial charge on any atom is -0.478 e. The molecule has 0 saturated heterocycles. The Hall–Kier alpha value is -2.76. The Kier molecular flexibility index (Phi) is 4.02. The first kappa shape index (κ1) is 17.6. The number of rotatable bonds is 2. The molecular weight excluding hydrogens is 355 g/mol. The van der Waals surface area contributed by atoms with Crippen LogP contribution in [0.2, 0.25) is 0 Å². The Morgan fingerprint density at radius 3 is 2.63 bits per heavy atom. The first-order valence-electron chi connectivity index (χ1n) is 8.74. The van der Waals surface area contributed by atoms with Crippen molar-refractivity contribution in [2.75, 3.05) is 5.32 Å². The Bertz CT molecular complexity index is 949. The quantitative estimate of drug-likeness (QED) is 0.680. The van der Waals surface area contributed by atoms with E-state index in [1.165, 1.54) is 12.1 Å². The number of hydrogen-bond acceptors (Lipinski definition) is 2. The Morgan fingerprint density at radius 2 is 1.93 bits per heavy atom. The van der Waals surface area contributed by atoms with Crippen LogP contribution in [-0.2, 0) is 6.18 Å². The highest BCUT2D eigenvalue weighted by molar-refractivity contribution is 5.88. The summed E-state index contributed by atoms with van der Waals surface area (Å²) in [6, 6.07) is 8.65. The van der Waals surface area contributed by atoms with Crippen molar-refractivity contribution in [3.8, 4) is 0 Å². The van der Waals surface area contributed by atoms with Gasteiger partial charge in [0, 0.05) is 11.6 Å². The fourth-order valence-electron chi connectivity index (χ4n) is 4.23. The van der Waals surface area contributed by atoms with Crippen molar-refractivity contribution in [3.63, 3.8) is 0 Å². The van der Waals surface area contributed by atoms with Gasteiger partial charge in [0.2, 0.25) is 0 Å². The lowest BCUT2D eigenvalue weighted by atomic mass is 9.75. The second-order valence-electron chi connectivity index (χ2n) is 7.17. The summed E-state index contributed by atoms with van der Waals surface area (Å²) in [5, 5.41) is 12.4. The molecule has 0 aromatic heterocycles. The third-order valence-electron chi connectivity index (χ3n) is 5.46. The zero-order chi connectivity index (χ0) is 19.3. The van der Waals surface area contributed by atoms with Gasteiger partial charge in [-0.05, 0) is 48.6 Å². The molecule has 4 rings (SSSR count). The SMILES string of the molecule is Cc1ccc2c(c1)C1C=CCC1C(c1ccc(C(=O)O)cc1C(F)(F)F)N2. The molecule has 2 aliphatic rings. The summed E-state index contributed by atoms with van der Waals surface area (Å²) in [6.45, 7) is 1.99. The minimum atomic E-state index is -4.63. The van der Waals surface area contributed by atoms with Gasteiger partial charge >= 0.3 is 12.1 Å². The van der Waals surface area contributed by atoms with Crippen LogP contribution in [0, 0.1) is 12.8 Å². The number of anilines is 1. The standard InChI is InChI=1S/C21H18F3NO2/c1-11-5-8-18-16(9-11)13-3-2-4-14(13)19(25-18)15-7-6-12(20(26)27)10-17(15)21(22,23)24/h2-3,5-10,13-14,19,25H,4H2,1H3,(H,26,27). The van der Waals surface area contributed by atoms with E-state index in [4.69, 9.17) is 5.11 Å². The molecule has 0 fully saturated rings. The van der Waals surface area contributed by atoms with Gasteiger partial charge in [0.05, 0.1) is 17.2 Å². The molecule has 2 aromatic rings. The summed E-state index contributed by atoms with van der Waals surface area (Å²) in [5.74, 6) is -1.37. The van der Waals surface area contributed by atoms with E-state index in [0.717, 1.165) is 22.9 Å². The number of nitrogens with one attached hydrogen (secondary N) is 1. The largest absolute Gasteiger partial charge is 0.478 e. The number of hydrogen-bond donors (Lipinski definition) is 2. The van der Waals surface area contributed by atoms with E-state index >= 15 is 0 Å². The van der Waals surface area contributed by atoms with Crippen LogP contribution >= 0.6 is 0 Å². The Morgan fingerprint density at radius 1 is 1.15 bits per heavy atom. The number of carboxylic acid groups (broad SMARTS) is 1. The molecule has 3 atom stereocenters. The number of aryl methyl sites for hydroxylation is 1. The summed E-state index contributed by atoms with van der Waals surface area (Å²) < 4.78 is 41.1. The maximum Gasteiger partial charge on any atom is 0.416 e. The zero-order valence-electron chi connectivity index (χ0n) is 14.5. The molecular formula is C21H18F3NO2. The van der Waals surface area contributed by atoms with Crippen LogP contribution in [0.5, 0.6) is 0 Å². The van der Waals surface area contributed by atoms with Crippen LogP contribution in [0.1, 0.15) is 51.0 Å². The van der Waals surface area contributed by atoms with Crippen molar-refractivity contribution in [2.24, 2.45) is 5.92 Å². The summed E-state index contributed by atoms with van der Waals surface area (Å²) in [6.07, 6.45) is 0.126. The van der Waals surface area contributed by atoms with Gasteiger partial charge in [-0.1, -0.05) is 35.9 Å². The molecule has 0 radical (unpaired) electrons. The smallest absolute Gasteiger partial charge is 0.416 e. The van der Waals surface area contributed by atoms with Gasteiger partial charge < -0.3 is 10.4 Å². The van der Waals surface area contributed by atoms with E-state index in [0.29, 0.717) is 6.42 Å². The van der Waals surface area contributed by atoms with E-state index in [2.05, 4.69) is 17.5 Å². The van der Waals surface area contributed by atoms with Gasteiger partial charge in [-0.3, -0.25) is 0 Å². The van der Waals surface area contributed by atoms with E-state index < -0.39 is 23.8 Å². The average Bonchev–Trinajstić information content (AvgIpc) is 3.10. The molecule has 3 nitrogen and oxygen atoms in total. The summed E-state index contributed by atoms with van der Waals surface area (Å²) >= 11 is 0. The number of fused-ring (bicyclic) bond motifs is 3. The second-order valence-corrected chi connectivity index (χ2v) is 7.17. The van der Waals surface area contributed by atoms with Gasteiger partial charge in [0.1, 0.15) is 0 Å². The Labute approximate surface area is 154 Å². The summed E-state index contributed by atoms with van der Waals surface area (Å²) in [5.41, 5.74) is 1.88. The number of allylic oxidation sites excluding steroid dienone is 2. The first-order valence-corrected chi connectivity index (χ1v) is 8.74. The number of aromatic carboxylic acids is 1. The molecule has 0 spiro atoms.